The maximum atomic E-state index is 12.6. The molecule has 0 saturated heterocycles. The van der Waals surface area contributed by atoms with Gasteiger partial charge in [-0.15, -0.1) is 5.10 Å². The van der Waals surface area contributed by atoms with Crippen LogP contribution in [0.25, 0.3) is 11.4 Å². The number of carbonyl (C=O) groups excluding carboxylic acids is 1. The Kier molecular flexibility index (Phi) is 3.93. The molecule has 0 bridgehead atoms. The van der Waals surface area contributed by atoms with Gasteiger partial charge in [-0.1, -0.05) is 52.3 Å². The standard InChI is InChI=1S/C21H17BrN4O/c22-17-7-4-8-18-16(17)9-10-25(18)13-14-11-19-23-21(15-5-2-1-3-6-15)24-26(19)20(27)12-14/h1-8,12H,9-11,13H2. The van der Waals surface area contributed by atoms with Crippen LogP contribution in [0, 0.1) is 0 Å². The Balaban J connectivity index is 1.40. The predicted molar refractivity (Wildman–Crippen MR) is 108 cm³/mol. The van der Waals surface area contributed by atoms with Crippen molar-refractivity contribution in [3.63, 3.8) is 0 Å². The molecule has 0 spiro atoms. The van der Waals surface area contributed by atoms with Crippen molar-refractivity contribution >= 4 is 27.5 Å². The van der Waals surface area contributed by atoms with Gasteiger partial charge in [-0.2, -0.15) is 4.68 Å². The molecule has 3 aromatic rings. The Morgan fingerprint density at radius 3 is 2.78 bits per heavy atom. The van der Waals surface area contributed by atoms with Gasteiger partial charge in [0.2, 0.25) is 0 Å². The summed E-state index contributed by atoms with van der Waals surface area (Å²) in [5.74, 6) is 1.20. The lowest BCUT2D eigenvalue weighted by Gasteiger charge is -2.22. The lowest BCUT2D eigenvalue weighted by atomic mass is 10.1. The smallest absolute Gasteiger partial charge is 0.272 e. The molecule has 5 nitrogen and oxygen atoms in total. The molecule has 2 aromatic carbocycles. The van der Waals surface area contributed by atoms with Crippen LogP contribution in [0.4, 0.5) is 5.69 Å². The summed E-state index contributed by atoms with van der Waals surface area (Å²) in [5.41, 5.74) is 4.59. The summed E-state index contributed by atoms with van der Waals surface area (Å²) >= 11 is 3.64. The second-order valence-corrected chi connectivity index (χ2v) is 7.71. The third kappa shape index (κ3) is 2.90. The molecular formula is C21H17BrN4O. The van der Waals surface area contributed by atoms with Crippen LogP contribution in [0.3, 0.4) is 0 Å². The molecule has 0 atom stereocenters. The number of allylic oxidation sites excluding steroid dienone is 1. The summed E-state index contributed by atoms with van der Waals surface area (Å²) in [6, 6.07) is 16.1. The number of halogens is 1. The molecule has 2 aliphatic heterocycles. The fourth-order valence-corrected chi connectivity index (χ4v) is 4.36. The molecule has 5 rings (SSSR count). The van der Waals surface area contributed by atoms with E-state index in [0.717, 1.165) is 35.1 Å². The minimum absolute atomic E-state index is 0.116. The molecule has 6 heteroatoms. The first-order valence-corrected chi connectivity index (χ1v) is 9.76. The van der Waals surface area contributed by atoms with E-state index in [0.29, 0.717) is 18.1 Å². The van der Waals surface area contributed by atoms with Crippen molar-refractivity contribution in [1.82, 2.24) is 14.8 Å². The summed E-state index contributed by atoms with van der Waals surface area (Å²) in [6.45, 7) is 1.70. The van der Waals surface area contributed by atoms with Gasteiger partial charge >= 0.3 is 0 Å². The van der Waals surface area contributed by atoms with Crippen molar-refractivity contribution in [2.45, 2.75) is 12.8 Å². The summed E-state index contributed by atoms with van der Waals surface area (Å²) in [4.78, 5) is 19.5. The Morgan fingerprint density at radius 2 is 1.93 bits per heavy atom. The molecule has 0 aliphatic carbocycles. The Morgan fingerprint density at radius 1 is 1.07 bits per heavy atom. The molecule has 3 heterocycles. The fraction of sp³-hybridized carbons (Fsp3) is 0.190. The Hall–Kier alpha value is -2.73. The van der Waals surface area contributed by atoms with Crippen LogP contribution in [0.1, 0.15) is 16.2 Å². The summed E-state index contributed by atoms with van der Waals surface area (Å²) < 4.78 is 2.59. The van der Waals surface area contributed by atoms with Gasteiger partial charge in [0.05, 0.1) is 0 Å². The van der Waals surface area contributed by atoms with E-state index in [1.165, 1.54) is 15.9 Å². The van der Waals surface area contributed by atoms with Gasteiger partial charge in [0, 0.05) is 41.3 Å². The van der Waals surface area contributed by atoms with Gasteiger partial charge in [-0.05, 0) is 29.7 Å². The van der Waals surface area contributed by atoms with Gasteiger partial charge in [0.1, 0.15) is 5.82 Å². The topological polar surface area (TPSA) is 51.0 Å². The molecule has 134 valence electrons. The normalized spacial score (nSPS) is 15.5. The monoisotopic (exact) mass is 420 g/mol. The molecular weight excluding hydrogens is 404 g/mol. The van der Waals surface area contributed by atoms with E-state index in [4.69, 9.17) is 0 Å². The molecule has 0 N–H and O–H groups in total. The second-order valence-electron chi connectivity index (χ2n) is 6.86. The maximum Gasteiger partial charge on any atom is 0.272 e. The zero-order chi connectivity index (χ0) is 18.4. The first-order chi connectivity index (χ1) is 13.2. The van der Waals surface area contributed by atoms with E-state index >= 15 is 0 Å². The highest BCUT2D eigenvalue weighted by atomic mass is 79.9. The van der Waals surface area contributed by atoms with Crippen LogP contribution >= 0.6 is 15.9 Å². The summed E-state index contributed by atoms with van der Waals surface area (Å²) in [5, 5.41) is 4.41. The van der Waals surface area contributed by atoms with Crippen molar-refractivity contribution in [1.29, 1.82) is 0 Å². The van der Waals surface area contributed by atoms with Gasteiger partial charge in [0.25, 0.3) is 5.91 Å². The predicted octanol–water partition coefficient (Wildman–Crippen LogP) is 3.89. The number of hydrogen-bond donors (Lipinski definition) is 0. The molecule has 27 heavy (non-hydrogen) atoms. The number of anilines is 1. The van der Waals surface area contributed by atoms with Crippen LogP contribution in [0.5, 0.6) is 0 Å². The van der Waals surface area contributed by atoms with E-state index in [2.05, 4.69) is 49.1 Å². The van der Waals surface area contributed by atoms with Crippen LogP contribution in [0.15, 0.2) is 64.7 Å². The number of rotatable bonds is 3. The van der Waals surface area contributed by atoms with Crippen LogP contribution in [-0.2, 0) is 12.8 Å². The number of aromatic nitrogens is 3. The van der Waals surface area contributed by atoms with Gasteiger partial charge in [0.15, 0.2) is 5.82 Å². The number of hydrogen-bond acceptors (Lipinski definition) is 4. The van der Waals surface area contributed by atoms with Gasteiger partial charge in [-0.25, -0.2) is 4.98 Å². The third-order valence-corrected chi connectivity index (χ3v) is 5.83. The molecule has 0 saturated carbocycles. The average molecular weight is 421 g/mol. The maximum absolute atomic E-state index is 12.6. The zero-order valence-electron chi connectivity index (χ0n) is 14.6. The van der Waals surface area contributed by atoms with Gasteiger partial charge < -0.3 is 4.90 Å². The van der Waals surface area contributed by atoms with E-state index in [1.54, 1.807) is 6.08 Å². The lowest BCUT2D eigenvalue weighted by Crippen LogP contribution is -2.28. The molecule has 0 radical (unpaired) electrons. The highest BCUT2D eigenvalue weighted by Crippen LogP contribution is 2.34. The van der Waals surface area contributed by atoms with Crippen molar-refractivity contribution in [2.24, 2.45) is 0 Å². The number of nitrogens with zero attached hydrogens (tertiary/aromatic N) is 4. The van der Waals surface area contributed by atoms with Crippen LogP contribution in [-0.4, -0.2) is 33.8 Å². The van der Waals surface area contributed by atoms with Crippen molar-refractivity contribution in [3.05, 3.63) is 76.0 Å². The summed E-state index contributed by atoms with van der Waals surface area (Å²) in [6.07, 6.45) is 3.38. The largest absolute Gasteiger partial charge is 0.367 e. The van der Waals surface area contributed by atoms with Crippen LogP contribution in [0.2, 0.25) is 0 Å². The SMILES string of the molecule is O=C1C=C(CN2CCc3c(Br)cccc32)Cc2nc(-c3ccccc3)nn21. The van der Waals surface area contributed by atoms with Crippen molar-refractivity contribution in [3.8, 4) is 11.4 Å². The molecule has 1 aromatic heterocycles. The van der Waals surface area contributed by atoms with E-state index in [9.17, 15) is 4.79 Å². The first kappa shape index (κ1) is 16.4. The molecule has 0 fully saturated rings. The van der Waals surface area contributed by atoms with Crippen molar-refractivity contribution in [2.75, 3.05) is 18.0 Å². The van der Waals surface area contributed by atoms with E-state index < -0.39 is 0 Å². The Labute approximate surface area is 165 Å². The fourth-order valence-electron chi connectivity index (χ4n) is 3.80. The zero-order valence-corrected chi connectivity index (χ0v) is 16.2. The summed E-state index contributed by atoms with van der Waals surface area (Å²) in [7, 11) is 0. The lowest BCUT2D eigenvalue weighted by molar-refractivity contribution is 0.0945. The van der Waals surface area contributed by atoms with E-state index in [1.807, 2.05) is 30.3 Å². The molecule has 0 amide bonds. The second kappa shape index (κ2) is 6.46. The average Bonchev–Trinajstić information content (AvgIpc) is 3.28. The van der Waals surface area contributed by atoms with Crippen molar-refractivity contribution < 1.29 is 4.79 Å². The molecule has 2 aliphatic rings. The van der Waals surface area contributed by atoms with Crippen LogP contribution < -0.4 is 4.90 Å². The van der Waals surface area contributed by atoms with E-state index in [-0.39, 0.29) is 5.91 Å². The highest BCUT2D eigenvalue weighted by molar-refractivity contribution is 9.10. The molecule has 0 unspecified atom stereocenters. The third-order valence-electron chi connectivity index (χ3n) is 5.09. The number of carbonyl (C=O) groups is 1. The first-order valence-electron chi connectivity index (χ1n) is 8.96. The Bertz CT molecular complexity index is 1070. The number of fused-ring (bicyclic) bond motifs is 2. The number of benzene rings is 2. The minimum atomic E-state index is -0.116. The van der Waals surface area contributed by atoms with Gasteiger partial charge in [-0.3, -0.25) is 4.79 Å². The minimum Gasteiger partial charge on any atom is -0.367 e. The quantitative estimate of drug-likeness (QED) is 0.644. The highest BCUT2D eigenvalue weighted by Gasteiger charge is 2.26.